The van der Waals surface area contributed by atoms with Crippen LogP contribution in [-0.2, 0) is 4.84 Å². The van der Waals surface area contributed by atoms with Crippen molar-refractivity contribution >= 4 is 20.6 Å². The molecule has 0 spiro atoms. The summed E-state index contributed by atoms with van der Waals surface area (Å²) in [7, 11) is 0. The summed E-state index contributed by atoms with van der Waals surface area (Å²) in [4.78, 5) is 5.56. The third kappa shape index (κ3) is 2.06. The summed E-state index contributed by atoms with van der Waals surface area (Å²) in [6.07, 6.45) is -0.0528. The normalized spacial score (nSPS) is 22.4. The van der Waals surface area contributed by atoms with Gasteiger partial charge in [-0.15, -0.1) is 0 Å². The van der Waals surface area contributed by atoms with E-state index in [4.69, 9.17) is 4.84 Å². The van der Waals surface area contributed by atoms with Gasteiger partial charge >= 0.3 is 0 Å². The monoisotopic (exact) mass is 301 g/mol. The van der Waals surface area contributed by atoms with Crippen molar-refractivity contribution in [1.29, 1.82) is 0 Å². The Bertz CT molecular complexity index is 553. The summed E-state index contributed by atoms with van der Waals surface area (Å²) in [5.74, 6) is 0.133. The second-order valence-corrected chi connectivity index (χ2v) is 5.05. The Balaban J connectivity index is 1.98. The number of oxime groups is 1. The molecule has 0 N–H and O–H groups in total. The summed E-state index contributed by atoms with van der Waals surface area (Å²) in [6, 6.07) is 20.5. The zero-order valence-electron chi connectivity index (χ0n) is 9.66. The van der Waals surface area contributed by atoms with E-state index < -0.39 is 0 Å². The molecular weight excluding hydrogens is 290 g/mol. The molecule has 2 aromatic carbocycles. The van der Waals surface area contributed by atoms with E-state index in [1.807, 2.05) is 36.4 Å². The molecular formula is C15H12BrNO. The van der Waals surface area contributed by atoms with E-state index in [0.717, 1.165) is 10.2 Å². The quantitative estimate of drug-likeness (QED) is 0.812. The van der Waals surface area contributed by atoms with Crippen LogP contribution in [0.15, 0.2) is 65.8 Å². The first-order valence-corrected chi connectivity index (χ1v) is 6.64. The number of halogens is 1. The van der Waals surface area contributed by atoms with Crippen LogP contribution in [0.25, 0.3) is 0 Å². The fourth-order valence-corrected chi connectivity index (χ4v) is 2.81. The van der Waals surface area contributed by atoms with Gasteiger partial charge in [0.2, 0.25) is 0 Å². The van der Waals surface area contributed by atoms with Gasteiger partial charge in [-0.2, -0.15) is 0 Å². The average Bonchev–Trinajstić information content (AvgIpc) is 2.83. The lowest BCUT2D eigenvalue weighted by Crippen LogP contribution is -2.11. The lowest BCUT2D eigenvalue weighted by molar-refractivity contribution is 0.0763. The summed E-state index contributed by atoms with van der Waals surface area (Å²) in [5, 5.41) is 4.09. The molecule has 0 unspecified atom stereocenters. The van der Waals surface area contributed by atoms with E-state index in [2.05, 4.69) is 45.4 Å². The number of nitrogens with zero attached hydrogens (tertiary/aromatic N) is 1. The minimum absolute atomic E-state index is 0.0528. The minimum Gasteiger partial charge on any atom is -0.386 e. The van der Waals surface area contributed by atoms with Gasteiger partial charge in [0.15, 0.2) is 6.10 Å². The topological polar surface area (TPSA) is 21.6 Å². The molecule has 2 aromatic rings. The van der Waals surface area contributed by atoms with Crippen LogP contribution in [0.1, 0.15) is 23.1 Å². The van der Waals surface area contributed by atoms with Crippen LogP contribution < -0.4 is 0 Å². The Morgan fingerprint density at radius 3 is 2.00 bits per heavy atom. The van der Waals surface area contributed by atoms with Crippen LogP contribution >= 0.6 is 15.9 Å². The first-order chi connectivity index (χ1) is 8.86. The number of benzene rings is 2. The Morgan fingerprint density at radius 1 is 0.833 bits per heavy atom. The highest BCUT2D eigenvalue weighted by Crippen LogP contribution is 2.41. The van der Waals surface area contributed by atoms with Crippen molar-refractivity contribution in [1.82, 2.24) is 0 Å². The van der Waals surface area contributed by atoms with E-state index in [1.54, 1.807) is 0 Å². The third-order valence-corrected chi connectivity index (χ3v) is 3.74. The fourth-order valence-electron chi connectivity index (χ4n) is 2.22. The molecule has 1 heterocycles. The minimum atomic E-state index is -0.0528. The smallest absolute Gasteiger partial charge is 0.165 e. The molecule has 0 amide bonds. The van der Waals surface area contributed by atoms with Crippen molar-refractivity contribution in [3.63, 3.8) is 0 Å². The maximum absolute atomic E-state index is 5.56. The van der Waals surface area contributed by atoms with Gasteiger partial charge in [0.25, 0.3) is 0 Å². The Labute approximate surface area is 114 Å². The molecule has 1 aliphatic heterocycles. The first-order valence-electron chi connectivity index (χ1n) is 5.85. The summed E-state index contributed by atoms with van der Waals surface area (Å²) in [5.41, 5.74) is 2.35. The van der Waals surface area contributed by atoms with Gasteiger partial charge in [0.05, 0.1) is 5.92 Å². The van der Waals surface area contributed by atoms with Crippen molar-refractivity contribution in [3.05, 3.63) is 71.8 Å². The van der Waals surface area contributed by atoms with E-state index in [-0.39, 0.29) is 12.0 Å². The number of hydrogen-bond acceptors (Lipinski definition) is 2. The van der Waals surface area contributed by atoms with Gasteiger partial charge in [-0.05, 0) is 27.1 Å². The highest BCUT2D eigenvalue weighted by Gasteiger charge is 2.35. The van der Waals surface area contributed by atoms with Gasteiger partial charge in [0.1, 0.15) is 4.62 Å². The molecule has 3 heteroatoms. The molecule has 0 aromatic heterocycles. The molecule has 18 heavy (non-hydrogen) atoms. The average molecular weight is 302 g/mol. The SMILES string of the molecule is BrC1=NO[C@@H](c2ccccc2)[C@@H]1c1ccccc1. The maximum atomic E-state index is 5.56. The van der Waals surface area contributed by atoms with Crippen LogP contribution in [0, 0.1) is 0 Å². The van der Waals surface area contributed by atoms with Gasteiger partial charge < -0.3 is 4.84 Å². The molecule has 1 aliphatic rings. The maximum Gasteiger partial charge on any atom is 0.165 e. The van der Waals surface area contributed by atoms with E-state index in [9.17, 15) is 0 Å². The molecule has 0 saturated heterocycles. The highest BCUT2D eigenvalue weighted by atomic mass is 79.9. The largest absolute Gasteiger partial charge is 0.386 e. The van der Waals surface area contributed by atoms with E-state index in [0.29, 0.717) is 0 Å². The van der Waals surface area contributed by atoms with Gasteiger partial charge in [-0.3, -0.25) is 0 Å². The van der Waals surface area contributed by atoms with Crippen molar-refractivity contribution in [2.24, 2.45) is 5.16 Å². The molecule has 2 nitrogen and oxygen atoms in total. The molecule has 2 atom stereocenters. The summed E-state index contributed by atoms with van der Waals surface area (Å²) >= 11 is 3.50. The Morgan fingerprint density at radius 2 is 1.39 bits per heavy atom. The van der Waals surface area contributed by atoms with Crippen LogP contribution in [0.3, 0.4) is 0 Å². The Hall–Kier alpha value is -1.61. The second-order valence-electron chi connectivity index (χ2n) is 4.24. The molecule has 0 aliphatic carbocycles. The van der Waals surface area contributed by atoms with Crippen LogP contribution in [-0.4, -0.2) is 4.62 Å². The lowest BCUT2D eigenvalue weighted by Gasteiger charge is -2.17. The van der Waals surface area contributed by atoms with Crippen LogP contribution in [0.5, 0.6) is 0 Å². The molecule has 0 bridgehead atoms. The van der Waals surface area contributed by atoms with Gasteiger partial charge in [0, 0.05) is 0 Å². The lowest BCUT2D eigenvalue weighted by atomic mass is 9.90. The van der Waals surface area contributed by atoms with Crippen LogP contribution in [0.2, 0.25) is 0 Å². The van der Waals surface area contributed by atoms with Crippen molar-refractivity contribution in [2.75, 3.05) is 0 Å². The molecule has 0 saturated carbocycles. The fraction of sp³-hybridized carbons (Fsp3) is 0.133. The third-order valence-electron chi connectivity index (χ3n) is 3.10. The number of hydrogen-bond donors (Lipinski definition) is 0. The first kappa shape index (κ1) is 11.5. The standard InChI is InChI=1S/C15H12BrNO/c16-15-13(11-7-3-1-4-8-11)14(18-17-15)12-9-5-2-6-10-12/h1-10,13-14H/t13-,14-/m0/s1. The highest BCUT2D eigenvalue weighted by molar-refractivity contribution is 9.18. The van der Waals surface area contributed by atoms with Gasteiger partial charge in [-0.1, -0.05) is 65.8 Å². The second kappa shape index (κ2) is 4.94. The van der Waals surface area contributed by atoms with Crippen molar-refractivity contribution in [2.45, 2.75) is 12.0 Å². The summed E-state index contributed by atoms with van der Waals surface area (Å²) < 4.78 is 0.850. The zero-order chi connectivity index (χ0) is 12.4. The number of rotatable bonds is 2. The molecule has 0 fully saturated rings. The zero-order valence-corrected chi connectivity index (χ0v) is 11.2. The summed E-state index contributed by atoms with van der Waals surface area (Å²) in [6.45, 7) is 0. The van der Waals surface area contributed by atoms with E-state index in [1.165, 1.54) is 5.56 Å². The predicted octanol–water partition coefficient (Wildman–Crippen LogP) is 4.25. The van der Waals surface area contributed by atoms with E-state index >= 15 is 0 Å². The molecule has 3 rings (SSSR count). The van der Waals surface area contributed by atoms with Crippen molar-refractivity contribution < 1.29 is 4.84 Å². The van der Waals surface area contributed by atoms with Crippen LogP contribution in [0.4, 0.5) is 0 Å². The van der Waals surface area contributed by atoms with Gasteiger partial charge in [-0.25, -0.2) is 0 Å². The Kier molecular flexibility index (Phi) is 3.15. The predicted molar refractivity (Wildman–Crippen MR) is 75.8 cm³/mol. The molecule has 0 radical (unpaired) electrons. The van der Waals surface area contributed by atoms with Crippen molar-refractivity contribution in [3.8, 4) is 0 Å². The molecule has 90 valence electrons.